The molecule has 3 heterocycles. The number of carbonyl (C=O) groups is 2. The van der Waals surface area contributed by atoms with E-state index in [0.29, 0.717) is 61.4 Å². The highest BCUT2D eigenvalue weighted by Gasteiger charge is 2.31. The Hall–Kier alpha value is -4.72. The second-order valence-corrected chi connectivity index (χ2v) is 12.4. The van der Waals surface area contributed by atoms with Crippen molar-refractivity contribution >= 4 is 17.8 Å². The van der Waals surface area contributed by atoms with Crippen molar-refractivity contribution < 1.29 is 33.3 Å². The van der Waals surface area contributed by atoms with Crippen LogP contribution in [0.1, 0.15) is 78.2 Å². The highest BCUT2D eigenvalue weighted by Crippen LogP contribution is 2.41. The maximum absolute atomic E-state index is 13.5. The van der Waals surface area contributed by atoms with Crippen molar-refractivity contribution in [3.05, 3.63) is 82.7 Å². The van der Waals surface area contributed by atoms with E-state index in [4.69, 9.17) is 28.8 Å². The fourth-order valence-electron chi connectivity index (χ4n) is 6.12. The summed E-state index contributed by atoms with van der Waals surface area (Å²) < 4.78 is 30.8. The third kappa shape index (κ3) is 7.87. The van der Waals surface area contributed by atoms with E-state index in [9.17, 15) is 9.59 Å². The number of methoxy groups -OCH3 is 1. The van der Waals surface area contributed by atoms with E-state index in [0.717, 1.165) is 35.2 Å². The number of nitrogens with one attached hydrogen (secondary N) is 3. The number of carbonyl (C=O) groups excluding carboxylic acids is 2. The number of H-pyrrole nitrogens is 1. The predicted molar refractivity (Wildman–Crippen MR) is 176 cm³/mol. The van der Waals surface area contributed by atoms with Crippen molar-refractivity contribution in [3.8, 4) is 17.0 Å². The molecule has 13 heteroatoms. The van der Waals surface area contributed by atoms with Crippen LogP contribution in [0.2, 0.25) is 0 Å². The number of ether oxygens (including phenoxy) is 5. The molecule has 3 N–H and O–H groups in total. The van der Waals surface area contributed by atoms with Crippen LogP contribution in [-0.2, 0) is 39.2 Å². The number of alkyl carbamates (subject to hydrolysis) is 1. The van der Waals surface area contributed by atoms with Crippen LogP contribution in [0, 0.1) is 0 Å². The minimum atomic E-state index is -0.658. The number of anilines is 1. The summed E-state index contributed by atoms with van der Waals surface area (Å²) in [5.74, 6) is 0.762. The Bertz CT molecular complexity index is 1710. The minimum absolute atomic E-state index is 0.0126. The molecule has 2 aromatic heterocycles. The number of aryl methyl sites for hydroxylation is 1. The fourth-order valence-corrected chi connectivity index (χ4v) is 6.12. The molecule has 254 valence electrons. The van der Waals surface area contributed by atoms with Crippen molar-refractivity contribution in [2.45, 2.75) is 70.7 Å². The van der Waals surface area contributed by atoms with E-state index in [1.807, 2.05) is 62.4 Å². The molecule has 2 aliphatic rings. The molecule has 2 aromatic carbocycles. The van der Waals surface area contributed by atoms with Gasteiger partial charge in [0.1, 0.15) is 24.2 Å². The first-order valence-electron chi connectivity index (χ1n) is 16.2. The fraction of sp³-hybridized carbons (Fsp3) is 0.429. The third-order valence-electron chi connectivity index (χ3n) is 8.34. The lowest BCUT2D eigenvalue weighted by Crippen LogP contribution is -2.33. The van der Waals surface area contributed by atoms with E-state index in [2.05, 4.69) is 20.8 Å². The Labute approximate surface area is 279 Å². The molecule has 2 fully saturated rings. The SMILES string of the molecule is COCc1cc(OCc2ccccc2)c(C2OCCO2)c(-c2cc(C(=O)Nc3cc([C@H]4CC[C@@H](OC(=O)NC(C)C)C4)[nH]n3)n(C)n2)c1. The molecule has 1 aliphatic carbocycles. The lowest BCUT2D eigenvalue weighted by Gasteiger charge is -2.20. The first-order valence-corrected chi connectivity index (χ1v) is 16.2. The number of hydrogen-bond donors (Lipinski definition) is 3. The van der Waals surface area contributed by atoms with Crippen LogP contribution in [0.25, 0.3) is 11.3 Å². The first-order chi connectivity index (χ1) is 23.3. The van der Waals surface area contributed by atoms with Gasteiger partial charge in [-0.3, -0.25) is 14.6 Å². The minimum Gasteiger partial charge on any atom is -0.488 e. The topological polar surface area (TPSA) is 151 Å². The monoisotopic (exact) mass is 658 g/mol. The number of rotatable bonds is 12. The average molecular weight is 659 g/mol. The molecule has 1 saturated heterocycles. The average Bonchev–Trinajstić information content (AvgIpc) is 3.88. The van der Waals surface area contributed by atoms with Gasteiger partial charge < -0.3 is 34.3 Å². The second kappa shape index (κ2) is 15.0. The van der Waals surface area contributed by atoms with Crippen LogP contribution in [0.3, 0.4) is 0 Å². The van der Waals surface area contributed by atoms with Gasteiger partial charge in [0.2, 0.25) is 0 Å². The van der Waals surface area contributed by atoms with Crippen molar-refractivity contribution in [2.24, 2.45) is 7.05 Å². The van der Waals surface area contributed by atoms with Gasteiger partial charge in [0.05, 0.1) is 31.1 Å². The smallest absolute Gasteiger partial charge is 0.407 e. The quantitative estimate of drug-likeness (QED) is 0.177. The molecule has 0 unspecified atom stereocenters. The van der Waals surface area contributed by atoms with Gasteiger partial charge in [-0.15, -0.1) is 0 Å². The van der Waals surface area contributed by atoms with E-state index < -0.39 is 12.4 Å². The van der Waals surface area contributed by atoms with Gasteiger partial charge in [-0.2, -0.15) is 10.2 Å². The van der Waals surface area contributed by atoms with E-state index in [1.165, 1.54) is 4.68 Å². The molecule has 6 rings (SSSR count). The molecule has 48 heavy (non-hydrogen) atoms. The second-order valence-electron chi connectivity index (χ2n) is 12.4. The van der Waals surface area contributed by atoms with Crippen LogP contribution in [0.15, 0.2) is 54.6 Å². The van der Waals surface area contributed by atoms with Crippen LogP contribution in [-0.4, -0.2) is 64.4 Å². The standard InChI is InChI=1S/C35H42N6O7/c1-21(2)36-35(43)48-25-11-10-24(16-25)27-18-31(39-38-27)37-33(42)29-17-28(40-41(29)3)26-14-23(19-44-4)15-30(32(26)34-45-12-13-46-34)47-20-22-8-6-5-7-9-22/h5-9,14-15,17-18,21,24-25,34H,10-13,16,19-20H2,1-4H3,(H,36,43)(H2,37,38,39,42)/t24-,25+/m0/s1. The molecule has 4 aromatic rings. The molecule has 1 aliphatic heterocycles. The van der Waals surface area contributed by atoms with Crippen molar-refractivity contribution in [3.63, 3.8) is 0 Å². The Balaban J connectivity index is 1.20. The zero-order chi connectivity index (χ0) is 33.6. The Morgan fingerprint density at radius 1 is 1.04 bits per heavy atom. The van der Waals surface area contributed by atoms with Crippen molar-refractivity contribution in [2.75, 3.05) is 25.6 Å². The number of hydrogen-bond acceptors (Lipinski definition) is 9. The summed E-state index contributed by atoms with van der Waals surface area (Å²) in [5, 5.41) is 17.8. The summed E-state index contributed by atoms with van der Waals surface area (Å²) in [5.41, 5.74) is 5.08. The summed E-state index contributed by atoms with van der Waals surface area (Å²) in [6, 6.07) is 17.4. The number of amides is 2. The molecular weight excluding hydrogens is 616 g/mol. The highest BCUT2D eigenvalue weighted by molar-refractivity contribution is 6.03. The number of nitrogens with zero attached hydrogens (tertiary/aromatic N) is 3. The Kier molecular flexibility index (Phi) is 10.4. The van der Waals surface area contributed by atoms with Gasteiger partial charge in [0.15, 0.2) is 12.1 Å². The number of aromatic nitrogens is 4. The van der Waals surface area contributed by atoms with Crippen LogP contribution < -0.4 is 15.4 Å². The maximum Gasteiger partial charge on any atom is 0.407 e. The molecule has 13 nitrogen and oxygen atoms in total. The summed E-state index contributed by atoms with van der Waals surface area (Å²) >= 11 is 0. The summed E-state index contributed by atoms with van der Waals surface area (Å²) in [4.78, 5) is 25.6. The van der Waals surface area contributed by atoms with E-state index >= 15 is 0 Å². The summed E-state index contributed by atoms with van der Waals surface area (Å²) in [6.45, 7) is 5.38. The van der Waals surface area contributed by atoms with E-state index in [1.54, 1.807) is 20.2 Å². The van der Waals surface area contributed by atoms with Crippen molar-refractivity contribution in [1.82, 2.24) is 25.3 Å². The predicted octanol–water partition coefficient (Wildman–Crippen LogP) is 5.60. The zero-order valence-corrected chi connectivity index (χ0v) is 27.7. The Morgan fingerprint density at radius 2 is 1.83 bits per heavy atom. The maximum atomic E-state index is 13.5. The van der Waals surface area contributed by atoms with Gasteiger partial charge in [-0.05, 0) is 62.4 Å². The van der Waals surface area contributed by atoms with Gasteiger partial charge in [-0.1, -0.05) is 30.3 Å². The van der Waals surface area contributed by atoms with Crippen LogP contribution >= 0.6 is 0 Å². The lowest BCUT2D eigenvalue weighted by atomic mass is 9.99. The molecule has 0 radical (unpaired) electrons. The summed E-state index contributed by atoms with van der Waals surface area (Å²) in [7, 11) is 3.35. The molecule has 0 spiro atoms. The van der Waals surface area contributed by atoms with Gasteiger partial charge in [0, 0.05) is 43.4 Å². The van der Waals surface area contributed by atoms with Gasteiger partial charge >= 0.3 is 6.09 Å². The van der Waals surface area contributed by atoms with E-state index in [-0.39, 0.29) is 24.0 Å². The lowest BCUT2D eigenvalue weighted by molar-refractivity contribution is -0.0454. The third-order valence-corrected chi connectivity index (χ3v) is 8.34. The normalized spacial score (nSPS) is 17.9. The molecule has 2 atom stereocenters. The summed E-state index contributed by atoms with van der Waals surface area (Å²) in [6.07, 6.45) is 1.06. The number of aromatic amines is 1. The van der Waals surface area contributed by atoms with Crippen LogP contribution in [0.5, 0.6) is 5.75 Å². The van der Waals surface area contributed by atoms with Gasteiger partial charge in [0.25, 0.3) is 5.91 Å². The van der Waals surface area contributed by atoms with Gasteiger partial charge in [-0.25, -0.2) is 4.79 Å². The first kappa shape index (κ1) is 33.2. The number of benzene rings is 2. The molecule has 1 saturated carbocycles. The molecule has 2 amide bonds. The Morgan fingerprint density at radius 3 is 2.58 bits per heavy atom. The molecule has 0 bridgehead atoms. The highest BCUT2D eigenvalue weighted by atomic mass is 16.7. The molecular formula is C35H42N6O7. The zero-order valence-electron chi connectivity index (χ0n) is 27.7. The van der Waals surface area contributed by atoms with Crippen molar-refractivity contribution in [1.29, 1.82) is 0 Å². The van der Waals surface area contributed by atoms with Crippen LogP contribution in [0.4, 0.5) is 10.6 Å². The largest absolute Gasteiger partial charge is 0.488 e.